The van der Waals surface area contributed by atoms with Gasteiger partial charge in [0.2, 0.25) is 17.7 Å². The highest BCUT2D eigenvalue weighted by Gasteiger charge is 2.71. The van der Waals surface area contributed by atoms with E-state index >= 15 is 0 Å². The van der Waals surface area contributed by atoms with Crippen LogP contribution in [0, 0.1) is 18.8 Å². The first-order chi connectivity index (χ1) is 12.8. The highest BCUT2D eigenvalue weighted by molar-refractivity contribution is 6.15. The number of amides is 3. The lowest BCUT2D eigenvalue weighted by molar-refractivity contribution is -0.143. The molecule has 27 heavy (non-hydrogen) atoms. The number of aliphatic hydroxyl groups excluding tert-OH is 1. The molecule has 3 aliphatic rings. The van der Waals surface area contributed by atoms with E-state index < -0.39 is 29.5 Å². The monoisotopic (exact) mass is 371 g/mol. The first-order valence-corrected chi connectivity index (χ1v) is 9.57. The third-order valence-electron chi connectivity index (χ3n) is 6.24. The number of carbonyl (C=O) groups excluding carboxylic acids is 3. The van der Waals surface area contributed by atoms with Gasteiger partial charge < -0.3 is 10.4 Å². The van der Waals surface area contributed by atoms with E-state index in [0.29, 0.717) is 17.8 Å². The summed E-state index contributed by atoms with van der Waals surface area (Å²) in [6, 6.07) is 4.90. The average molecular weight is 371 g/mol. The number of likely N-dealkylation sites (tertiary alicyclic amines) is 1. The SMILES string of the molecule is CCCCN1C(=O)C2C(C(C)O)NC3(C(=O)Nc4c(C)cccc43)C2C1=O. The van der Waals surface area contributed by atoms with Gasteiger partial charge in [-0.3, -0.25) is 24.6 Å². The molecule has 1 aromatic rings. The minimum absolute atomic E-state index is 0.289. The summed E-state index contributed by atoms with van der Waals surface area (Å²) in [6.07, 6.45) is 0.706. The Bertz CT molecular complexity index is 837. The van der Waals surface area contributed by atoms with E-state index in [9.17, 15) is 19.5 Å². The molecule has 4 rings (SSSR count). The standard InChI is InChI=1S/C20H25N3O4/c1-4-5-9-23-17(25)13-14(18(23)26)20(22-16(13)11(3)24)12-8-6-7-10(2)15(12)21-19(20)27/h6-8,11,13-14,16,22,24H,4-5,9H2,1-3H3,(H,21,27). The molecule has 144 valence electrons. The molecule has 5 unspecified atom stereocenters. The van der Waals surface area contributed by atoms with Crippen LogP contribution in [-0.4, -0.2) is 46.4 Å². The van der Waals surface area contributed by atoms with Crippen molar-refractivity contribution >= 4 is 23.4 Å². The fourth-order valence-electron chi connectivity index (χ4n) is 4.92. The van der Waals surface area contributed by atoms with Crippen molar-refractivity contribution in [1.82, 2.24) is 10.2 Å². The molecule has 2 fully saturated rings. The van der Waals surface area contributed by atoms with Gasteiger partial charge in [0.05, 0.1) is 17.9 Å². The van der Waals surface area contributed by atoms with Crippen LogP contribution in [-0.2, 0) is 19.9 Å². The number of imide groups is 1. The Balaban J connectivity index is 1.87. The maximum atomic E-state index is 13.3. The van der Waals surface area contributed by atoms with E-state index in [1.165, 1.54) is 4.90 Å². The molecular formula is C20H25N3O4. The summed E-state index contributed by atoms with van der Waals surface area (Å²) < 4.78 is 0. The number of aryl methyl sites for hydroxylation is 1. The van der Waals surface area contributed by atoms with Crippen LogP contribution in [0.25, 0.3) is 0 Å². The molecule has 0 radical (unpaired) electrons. The molecule has 1 aromatic carbocycles. The predicted molar refractivity (Wildman–Crippen MR) is 98.7 cm³/mol. The molecule has 3 aliphatic heterocycles. The van der Waals surface area contributed by atoms with Crippen molar-refractivity contribution in [2.75, 3.05) is 11.9 Å². The summed E-state index contributed by atoms with van der Waals surface area (Å²) in [7, 11) is 0. The zero-order valence-corrected chi connectivity index (χ0v) is 15.8. The van der Waals surface area contributed by atoms with Crippen LogP contribution < -0.4 is 10.6 Å². The van der Waals surface area contributed by atoms with Gasteiger partial charge in [0.15, 0.2) is 0 Å². The van der Waals surface area contributed by atoms with Crippen LogP contribution >= 0.6 is 0 Å². The predicted octanol–water partition coefficient (Wildman–Crippen LogP) is 0.896. The first kappa shape index (κ1) is 18.1. The lowest BCUT2D eigenvalue weighted by Gasteiger charge is -2.30. The summed E-state index contributed by atoms with van der Waals surface area (Å²) in [5.74, 6) is -2.53. The molecule has 0 aliphatic carbocycles. The Morgan fingerprint density at radius 1 is 1.26 bits per heavy atom. The zero-order chi connectivity index (χ0) is 19.5. The van der Waals surface area contributed by atoms with E-state index in [2.05, 4.69) is 10.6 Å². The van der Waals surface area contributed by atoms with Crippen LogP contribution in [0.1, 0.15) is 37.8 Å². The molecule has 0 bridgehead atoms. The molecule has 1 spiro atoms. The Morgan fingerprint density at radius 2 is 2.00 bits per heavy atom. The third kappa shape index (κ3) is 2.24. The fraction of sp³-hybridized carbons (Fsp3) is 0.550. The van der Waals surface area contributed by atoms with E-state index in [1.54, 1.807) is 6.92 Å². The van der Waals surface area contributed by atoms with Crippen LogP contribution in [0.3, 0.4) is 0 Å². The van der Waals surface area contributed by atoms with Crippen LogP contribution in [0.4, 0.5) is 5.69 Å². The van der Waals surface area contributed by atoms with Crippen molar-refractivity contribution in [2.45, 2.75) is 51.3 Å². The van der Waals surface area contributed by atoms with Crippen LogP contribution in [0.15, 0.2) is 18.2 Å². The highest BCUT2D eigenvalue weighted by atomic mass is 16.3. The van der Waals surface area contributed by atoms with Gasteiger partial charge in [-0.25, -0.2) is 0 Å². The second-order valence-electron chi connectivity index (χ2n) is 7.86. The minimum Gasteiger partial charge on any atom is -0.392 e. The number of rotatable bonds is 4. The molecular weight excluding hydrogens is 346 g/mol. The number of para-hydroxylation sites is 1. The van der Waals surface area contributed by atoms with Gasteiger partial charge in [-0.1, -0.05) is 31.5 Å². The number of anilines is 1. The highest BCUT2D eigenvalue weighted by Crippen LogP contribution is 2.53. The molecule has 2 saturated heterocycles. The number of nitrogens with zero attached hydrogens (tertiary/aromatic N) is 1. The van der Waals surface area contributed by atoms with Gasteiger partial charge in [-0.2, -0.15) is 0 Å². The maximum absolute atomic E-state index is 13.3. The molecule has 3 amide bonds. The molecule has 0 aromatic heterocycles. The largest absolute Gasteiger partial charge is 0.392 e. The zero-order valence-electron chi connectivity index (χ0n) is 15.8. The molecule has 0 saturated carbocycles. The first-order valence-electron chi connectivity index (χ1n) is 9.57. The molecule has 3 N–H and O–H groups in total. The number of aliphatic hydroxyl groups is 1. The van der Waals surface area contributed by atoms with E-state index in [0.717, 1.165) is 18.4 Å². The topological polar surface area (TPSA) is 98.7 Å². The maximum Gasteiger partial charge on any atom is 0.250 e. The minimum atomic E-state index is -1.32. The van der Waals surface area contributed by atoms with Gasteiger partial charge in [0.1, 0.15) is 5.54 Å². The van der Waals surface area contributed by atoms with Crippen molar-refractivity contribution in [3.63, 3.8) is 0 Å². The Kier molecular flexibility index (Phi) is 4.12. The number of carbonyl (C=O) groups is 3. The Morgan fingerprint density at radius 3 is 2.67 bits per heavy atom. The lowest BCUT2D eigenvalue weighted by Crippen LogP contribution is -2.54. The second kappa shape index (κ2) is 6.14. The van der Waals surface area contributed by atoms with E-state index in [1.807, 2.05) is 32.0 Å². The van der Waals surface area contributed by atoms with Gasteiger partial charge >= 0.3 is 0 Å². The molecule has 7 nitrogen and oxygen atoms in total. The number of unbranched alkanes of at least 4 members (excludes halogenated alkanes) is 1. The summed E-state index contributed by atoms with van der Waals surface area (Å²) in [4.78, 5) is 40.8. The van der Waals surface area contributed by atoms with Crippen molar-refractivity contribution in [2.24, 2.45) is 11.8 Å². The Labute approximate surface area is 158 Å². The van der Waals surface area contributed by atoms with Gasteiger partial charge in [0, 0.05) is 23.8 Å². The van der Waals surface area contributed by atoms with Gasteiger partial charge in [-0.05, 0) is 25.8 Å². The summed E-state index contributed by atoms with van der Waals surface area (Å²) in [5, 5.41) is 16.4. The van der Waals surface area contributed by atoms with Crippen molar-refractivity contribution in [3.8, 4) is 0 Å². The summed E-state index contributed by atoms with van der Waals surface area (Å²) in [5.41, 5.74) is 0.953. The fourth-order valence-corrected chi connectivity index (χ4v) is 4.92. The van der Waals surface area contributed by atoms with Crippen LogP contribution in [0.2, 0.25) is 0 Å². The number of nitrogens with one attached hydrogen (secondary N) is 2. The molecule has 7 heteroatoms. The number of hydrogen-bond donors (Lipinski definition) is 3. The van der Waals surface area contributed by atoms with Crippen molar-refractivity contribution in [1.29, 1.82) is 0 Å². The number of benzene rings is 1. The lowest BCUT2D eigenvalue weighted by atomic mass is 9.76. The number of hydrogen-bond acceptors (Lipinski definition) is 5. The van der Waals surface area contributed by atoms with Crippen molar-refractivity contribution < 1.29 is 19.5 Å². The molecule has 5 atom stereocenters. The summed E-state index contributed by atoms with van der Waals surface area (Å²) in [6.45, 7) is 5.83. The molecule has 3 heterocycles. The second-order valence-corrected chi connectivity index (χ2v) is 7.86. The Hall–Kier alpha value is -2.25. The average Bonchev–Trinajstić information content (AvgIpc) is 3.21. The number of fused-ring (bicyclic) bond motifs is 4. The van der Waals surface area contributed by atoms with E-state index in [-0.39, 0.29) is 17.7 Å². The van der Waals surface area contributed by atoms with Crippen LogP contribution in [0.5, 0.6) is 0 Å². The smallest absolute Gasteiger partial charge is 0.250 e. The quantitative estimate of drug-likeness (QED) is 0.683. The van der Waals surface area contributed by atoms with Gasteiger partial charge in [0.25, 0.3) is 0 Å². The van der Waals surface area contributed by atoms with Crippen molar-refractivity contribution in [3.05, 3.63) is 29.3 Å². The van der Waals surface area contributed by atoms with Gasteiger partial charge in [-0.15, -0.1) is 0 Å². The summed E-state index contributed by atoms with van der Waals surface area (Å²) >= 11 is 0. The third-order valence-corrected chi connectivity index (χ3v) is 6.24. The normalized spacial score (nSPS) is 32.8. The van der Waals surface area contributed by atoms with E-state index in [4.69, 9.17) is 0 Å².